The van der Waals surface area contributed by atoms with Gasteiger partial charge in [0.2, 0.25) is 0 Å². The Kier molecular flexibility index (Phi) is 5.76. The summed E-state index contributed by atoms with van der Waals surface area (Å²) in [5.41, 5.74) is 1.68. The third-order valence-corrected chi connectivity index (χ3v) is 5.85. The van der Waals surface area contributed by atoms with E-state index in [-0.39, 0.29) is 5.91 Å². The van der Waals surface area contributed by atoms with E-state index in [4.69, 9.17) is 23.2 Å². The lowest BCUT2D eigenvalue weighted by molar-refractivity contribution is 0.102. The van der Waals surface area contributed by atoms with Crippen LogP contribution in [0.4, 0.5) is 5.13 Å². The fraction of sp³-hybridized carbons (Fsp3) is 0.0588. The summed E-state index contributed by atoms with van der Waals surface area (Å²) in [5.74, 6) is -0.157. The number of nitrogens with zero attached hydrogens (tertiary/aromatic N) is 1. The summed E-state index contributed by atoms with van der Waals surface area (Å²) < 4.78 is 0.903. The fourth-order valence-corrected chi connectivity index (χ4v) is 3.90. The van der Waals surface area contributed by atoms with Crippen LogP contribution in [0.15, 0.2) is 48.7 Å². The second-order valence-corrected chi connectivity index (χ2v) is 8.08. The second-order valence-electron chi connectivity index (χ2n) is 4.99. The van der Waals surface area contributed by atoms with Gasteiger partial charge in [-0.15, -0.1) is 11.3 Å². The summed E-state index contributed by atoms with van der Waals surface area (Å²) >= 11 is 15.5. The van der Waals surface area contributed by atoms with Crippen LogP contribution in [0.5, 0.6) is 0 Å². The highest BCUT2D eigenvalue weighted by Gasteiger charge is 2.12. The highest BCUT2D eigenvalue weighted by Crippen LogP contribution is 2.26. The van der Waals surface area contributed by atoms with Gasteiger partial charge in [-0.25, -0.2) is 4.98 Å². The third-order valence-electron chi connectivity index (χ3n) is 3.25. The maximum absolute atomic E-state index is 12.3. The predicted octanol–water partition coefficient (Wildman–Crippen LogP) is 5.90. The average Bonchev–Trinajstić information content (AvgIpc) is 2.98. The molecule has 1 N–H and O–H groups in total. The lowest BCUT2D eigenvalue weighted by Crippen LogP contribution is -2.12. The first kappa shape index (κ1) is 17.7. The summed E-state index contributed by atoms with van der Waals surface area (Å²) in [6, 6.07) is 13.0. The van der Waals surface area contributed by atoms with Gasteiger partial charge < -0.3 is 0 Å². The molecule has 7 heteroatoms. The van der Waals surface area contributed by atoms with Crippen LogP contribution < -0.4 is 5.32 Å². The quantitative estimate of drug-likeness (QED) is 0.464. The van der Waals surface area contributed by atoms with E-state index in [9.17, 15) is 4.79 Å². The molecule has 3 aromatic rings. The number of thiazole rings is 1. The number of halogens is 3. The Hall–Kier alpha value is -1.15. The van der Waals surface area contributed by atoms with Gasteiger partial charge in [-0.1, -0.05) is 41.4 Å². The SMILES string of the molecule is O=C(Nc1ncc(Cc2ccc(Cl)c(Cl)c2)s1)c1ccccc1I. The van der Waals surface area contributed by atoms with Gasteiger partial charge in [-0.05, 0) is 52.4 Å². The monoisotopic (exact) mass is 488 g/mol. The molecule has 2 aromatic carbocycles. The Balaban J connectivity index is 1.70. The van der Waals surface area contributed by atoms with Crippen LogP contribution in [-0.2, 0) is 6.42 Å². The first-order chi connectivity index (χ1) is 11.5. The molecule has 0 radical (unpaired) electrons. The number of hydrogen-bond donors (Lipinski definition) is 1. The van der Waals surface area contributed by atoms with Crippen molar-refractivity contribution in [2.75, 3.05) is 5.32 Å². The summed E-state index contributed by atoms with van der Waals surface area (Å²) in [6.45, 7) is 0. The van der Waals surface area contributed by atoms with Gasteiger partial charge in [0, 0.05) is 21.1 Å². The topological polar surface area (TPSA) is 42.0 Å². The van der Waals surface area contributed by atoms with Crippen LogP contribution in [-0.4, -0.2) is 10.9 Å². The molecule has 0 aliphatic rings. The van der Waals surface area contributed by atoms with E-state index in [1.807, 2.05) is 30.3 Å². The molecule has 0 spiro atoms. The number of nitrogens with one attached hydrogen (secondary N) is 1. The van der Waals surface area contributed by atoms with Crippen molar-refractivity contribution in [2.45, 2.75) is 6.42 Å². The predicted molar refractivity (Wildman–Crippen MR) is 108 cm³/mol. The summed E-state index contributed by atoms with van der Waals surface area (Å²) in [7, 11) is 0. The van der Waals surface area contributed by atoms with E-state index in [1.165, 1.54) is 11.3 Å². The first-order valence-electron chi connectivity index (χ1n) is 6.97. The Morgan fingerprint density at radius 3 is 2.71 bits per heavy atom. The van der Waals surface area contributed by atoms with E-state index in [2.05, 4.69) is 32.9 Å². The van der Waals surface area contributed by atoms with Crippen LogP contribution in [0.25, 0.3) is 0 Å². The zero-order valence-electron chi connectivity index (χ0n) is 12.2. The summed E-state index contributed by atoms with van der Waals surface area (Å²) in [6.07, 6.45) is 2.45. The molecule has 122 valence electrons. The zero-order chi connectivity index (χ0) is 17.1. The Bertz CT molecular complexity index is 898. The van der Waals surface area contributed by atoms with Crippen LogP contribution in [0, 0.1) is 3.57 Å². The van der Waals surface area contributed by atoms with Crippen molar-refractivity contribution in [2.24, 2.45) is 0 Å². The molecule has 1 amide bonds. The molecular formula is C17H11Cl2IN2OS. The molecule has 1 heterocycles. The standard InChI is InChI=1S/C17H11Cl2IN2OS/c18-13-6-5-10(8-14(13)19)7-11-9-21-17(24-11)22-16(23)12-3-1-2-4-15(12)20/h1-6,8-9H,7H2,(H,21,22,23). The molecular weight excluding hydrogens is 478 g/mol. The van der Waals surface area contributed by atoms with Gasteiger partial charge in [-0.3, -0.25) is 10.1 Å². The van der Waals surface area contributed by atoms with Crippen molar-refractivity contribution in [1.82, 2.24) is 4.98 Å². The highest BCUT2D eigenvalue weighted by atomic mass is 127. The Morgan fingerprint density at radius 2 is 1.96 bits per heavy atom. The van der Waals surface area contributed by atoms with E-state index >= 15 is 0 Å². The van der Waals surface area contributed by atoms with Crippen molar-refractivity contribution in [3.05, 3.63) is 78.3 Å². The number of anilines is 1. The largest absolute Gasteiger partial charge is 0.298 e. The normalized spacial score (nSPS) is 10.6. The maximum atomic E-state index is 12.3. The van der Waals surface area contributed by atoms with Gasteiger partial charge >= 0.3 is 0 Å². The molecule has 0 bridgehead atoms. The molecule has 3 rings (SSSR count). The van der Waals surface area contributed by atoms with Gasteiger partial charge in [0.1, 0.15) is 0 Å². The highest BCUT2D eigenvalue weighted by molar-refractivity contribution is 14.1. The number of rotatable bonds is 4. The molecule has 0 aliphatic heterocycles. The van der Waals surface area contributed by atoms with E-state index in [1.54, 1.807) is 18.3 Å². The minimum absolute atomic E-state index is 0.157. The molecule has 0 unspecified atom stereocenters. The van der Waals surface area contributed by atoms with Crippen molar-refractivity contribution in [3.8, 4) is 0 Å². The summed E-state index contributed by atoms with van der Waals surface area (Å²) in [4.78, 5) is 17.6. The van der Waals surface area contributed by atoms with Crippen LogP contribution in [0.2, 0.25) is 10.0 Å². The minimum Gasteiger partial charge on any atom is -0.298 e. The van der Waals surface area contributed by atoms with Crippen molar-refractivity contribution >= 4 is 68.2 Å². The smallest absolute Gasteiger partial charge is 0.258 e. The molecule has 0 atom stereocenters. The second kappa shape index (κ2) is 7.82. The Morgan fingerprint density at radius 1 is 1.17 bits per heavy atom. The molecule has 1 aromatic heterocycles. The van der Waals surface area contributed by atoms with Gasteiger partial charge in [0.25, 0.3) is 5.91 Å². The molecule has 24 heavy (non-hydrogen) atoms. The van der Waals surface area contributed by atoms with E-state index in [0.29, 0.717) is 27.2 Å². The van der Waals surface area contributed by atoms with Gasteiger partial charge in [-0.2, -0.15) is 0 Å². The molecule has 3 nitrogen and oxygen atoms in total. The lowest BCUT2D eigenvalue weighted by Gasteiger charge is -2.03. The first-order valence-corrected chi connectivity index (χ1v) is 9.62. The number of amides is 1. The lowest BCUT2D eigenvalue weighted by atomic mass is 10.1. The van der Waals surface area contributed by atoms with Gasteiger partial charge in [0.05, 0.1) is 15.6 Å². The van der Waals surface area contributed by atoms with Crippen LogP contribution in [0.3, 0.4) is 0 Å². The fourth-order valence-electron chi connectivity index (χ4n) is 2.11. The maximum Gasteiger partial charge on any atom is 0.258 e. The number of carbonyl (C=O) groups is 1. The molecule has 0 aliphatic carbocycles. The van der Waals surface area contributed by atoms with Crippen molar-refractivity contribution in [1.29, 1.82) is 0 Å². The average molecular weight is 489 g/mol. The van der Waals surface area contributed by atoms with Crippen LogP contribution >= 0.6 is 57.1 Å². The van der Waals surface area contributed by atoms with Gasteiger partial charge in [0.15, 0.2) is 5.13 Å². The number of carbonyl (C=O) groups excluding carboxylic acids is 1. The molecule has 0 saturated heterocycles. The minimum atomic E-state index is -0.157. The van der Waals surface area contributed by atoms with E-state index in [0.717, 1.165) is 14.0 Å². The number of hydrogen-bond acceptors (Lipinski definition) is 3. The zero-order valence-corrected chi connectivity index (χ0v) is 16.7. The van der Waals surface area contributed by atoms with Crippen LogP contribution in [0.1, 0.15) is 20.8 Å². The Labute approximate surface area is 167 Å². The van der Waals surface area contributed by atoms with E-state index < -0.39 is 0 Å². The molecule has 0 saturated carbocycles. The molecule has 0 fully saturated rings. The number of benzene rings is 2. The summed E-state index contributed by atoms with van der Waals surface area (Å²) in [5, 5.41) is 4.49. The van der Waals surface area contributed by atoms with Crippen molar-refractivity contribution in [3.63, 3.8) is 0 Å². The third kappa shape index (κ3) is 4.27. The number of aromatic nitrogens is 1. The van der Waals surface area contributed by atoms with Crippen molar-refractivity contribution < 1.29 is 4.79 Å².